The van der Waals surface area contributed by atoms with Gasteiger partial charge in [0.05, 0.1) is 13.2 Å². The number of nitrogens with zero attached hydrogens (tertiary/aromatic N) is 1. The van der Waals surface area contributed by atoms with Gasteiger partial charge in [0.2, 0.25) is 0 Å². The molecule has 3 nitrogen and oxygen atoms in total. The molecule has 1 saturated carbocycles. The van der Waals surface area contributed by atoms with Crippen molar-refractivity contribution in [2.24, 2.45) is 0 Å². The molecule has 1 heterocycles. The van der Waals surface area contributed by atoms with Crippen LogP contribution in [0.2, 0.25) is 0 Å². The Kier molecular flexibility index (Phi) is 4.47. The lowest BCUT2D eigenvalue weighted by molar-refractivity contribution is -0.183. The van der Waals surface area contributed by atoms with E-state index in [4.69, 9.17) is 21.1 Å². The summed E-state index contributed by atoms with van der Waals surface area (Å²) in [5.41, 5.74) is 2.88. The third-order valence-corrected chi connectivity index (χ3v) is 4.21. The molecule has 2 aliphatic rings. The molecule has 0 aromatic carbocycles. The standard InChI is InChI=1S/C13H22ClNO2/c1-11(9-14)10-15(2)12-3-5-13(6-4-12)16-7-8-17-13/h9,12H,3-8,10H2,1-2H3/b11-9+. The highest BCUT2D eigenvalue weighted by Gasteiger charge is 2.40. The number of hydrogen-bond acceptors (Lipinski definition) is 3. The van der Waals surface area contributed by atoms with Crippen LogP contribution in [-0.4, -0.2) is 43.5 Å². The van der Waals surface area contributed by atoms with Gasteiger partial charge in [0.15, 0.2) is 5.79 Å². The number of rotatable bonds is 3. The van der Waals surface area contributed by atoms with E-state index in [0.29, 0.717) is 6.04 Å². The molecule has 98 valence electrons. The monoisotopic (exact) mass is 259 g/mol. The van der Waals surface area contributed by atoms with Crippen LogP contribution >= 0.6 is 11.6 Å². The summed E-state index contributed by atoms with van der Waals surface area (Å²) >= 11 is 5.70. The lowest BCUT2D eigenvalue weighted by Gasteiger charge is -2.39. The molecule has 0 N–H and O–H groups in total. The smallest absolute Gasteiger partial charge is 0.168 e. The van der Waals surface area contributed by atoms with Gasteiger partial charge >= 0.3 is 0 Å². The Labute approximate surface area is 109 Å². The fourth-order valence-electron chi connectivity index (χ4n) is 2.83. The molecule has 4 heteroatoms. The zero-order chi connectivity index (χ0) is 12.3. The molecule has 17 heavy (non-hydrogen) atoms. The molecule has 0 radical (unpaired) electrons. The first kappa shape index (κ1) is 13.3. The Morgan fingerprint density at radius 3 is 2.47 bits per heavy atom. The van der Waals surface area contributed by atoms with Gasteiger partial charge in [0, 0.05) is 31.0 Å². The molecule has 2 rings (SSSR count). The van der Waals surface area contributed by atoms with Crippen LogP contribution in [0.5, 0.6) is 0 Å². The minimum Gasteiger partial charge on any atom is -0.348 e. The van der Waals surface area contributed by atoms with E-state index >= 15 is 0 Å². The Morgan fingerprint density at radius 2 is 1.94 bits per heavy atom. The van der Waals surface area contributed by atoms with Gasteiger partial charge < -0.3 is 9.47 Å². The molecule has 0 aromatic heterocycles. The third-order valence-electron chi connectivity index (χ3n) is 3.84. The summed E-state index contributed by atoms with van der Waals surface area (Å²) in [6.45, 7) is 4.53. The van der Waals surface area contributed by atoms with Gasteiger partial charge in [-0.25, -0.2) is 0 Å². The van der Waals surface area contributed by atoms with Crippen molar-refractivity contribution in [2.45, 2.75) is 44.4 Å². The molecule has 2 fully saturated rings. The first-order chi connectivity index (χ1) is 8.15. The summed E-state index contributed by atoms with van der Waals surface area (Å²) in [6, 6.07) is 0.625. The van der Waals surface area contributed by atoms with E-state index in [9.17, 15) is 0 Å². The third kappa shape index (κ3) is 3.22. The first-order valence-corrected chi connectivity index (χ1v) is 6.83. The summed E-state index contributed by atoms with van der Waals surface area (Å²) in [7, 11) is 2.17. The second-order valence-electron chi connectivity index (χ2n) is 5.21. The average molecular weight is 260 g/mol. The van der Waals surface area contributed by atoms with Crippen molar-refractivity contribution in [2.75, 3.05) is 26.8 Å². The molecule has 1 saturated heterocycles. The first-order valence-electron chi connectivity index (χ1n) is 6.39. The average Bonchev–Trinajstić information content (AvgIpc) is 2.78. The van der Waals surface area contributed by atoms with E-state index in [2.05, 4.69) is 18.9 Å². The molecular weight excluding hydrogens is 238 g/mol. The maximum atomic E-state index is 5.74. The highest BCUT2D eigenvalue weighted by atomic mass is 35.5. The summed E-state index contributed by atoms with van der Waals surface area (Å²) in [5.74, 6) is -0.241. The van der Waals surface area contributed by atoms with Crippen LogP contribution in [0.4, 0.5) is 0 Å². The predicted octanol–water partition coefficient (Wildman–Crippen LogP) is 2.75. The summed E-state index contributed by atoms with van der Waals surface area (Å²) in [4.78, 5) is 2.38. The largest absolute Gasteiger partial charge is 0.348 e. The van der Waals surface area contributed by atoms with Gasteiger partial charge in [-0.15, -0.1) is 0 Å². The van der Waals surface area contributed by atoms with E-state index in [-0.39, 0.29) is 5.79 Å². The van der Waals surface area contributed by atoms with Gasteiger partial charge in [0.1, 0.15) is 0 Å². The van der Waals surface area contributed by atoms with E-state index < -0.39 is 0 Å². The maximum absolute atomic E-state index is 5.74. The lowest BCUT2D eigenvalue weighted by Crippen LogP contribution is -2.43. The fraction of sp³-hybridized carbons (Fsp3) is 0.846. The van der Waals surface area contributed by atoms with Crippen molar-refractivity contribution in [3.05, 3.63) is 11.1 Å². The molecule has 0 amide bonds. The Balaban J connectivity index is 1.82. The SMILES string of the molecule is C/C(=C\Cl)CN(C)C1CCC2(CC1)OCCO2. The molecule has 0 aromatic rings. The number of halogens is 1. The minimum atomic E-state index is -0.241. The highest BCUT2D eigenvalue weighted by Crippen LogP contribution is 2.37. The minimum absolute atomic E-state index is 0.241. The van der Waals surface area contributed by atoms with Crippen molar-refractivity contribution in [1.29, 1.82) is 0 Å². The quantitative estimate of drug-likeness (QED) is 0.778. The van der Waals surface area contributed by atoms with E-state index in [1.54, 1.807) is 5.54 Å². The van der Waals surface area contributed by atoms with Crippen molar-refractivity contribution in [1.82, 2.24) is 4.90 Å². The molecular formula is C13H22ClNO2. The van der Waals surface area contributed by atoms with Crippen LogP contribution < -0.4 is 0 Å². The highest BCUT2D eigenvalue weighted by molar-refractivity contribution is 6.25. The predicted molar refractivity (Wildman–Crippen MR) is 69.1 cm³/mol. The topological polar surface area (TPSA) is 21.7 Å². The van der Waals surface area contributed by atoms with Crippen molar-refractivity contribution < 1.29 is 9.47 Å². The molecule has 1 aliphatic carbocycles. The lowest BCUT2D eigenvalue weighted by atomic mass is 9.89. The second-order valence-corrected chi connectivity index (χ2v) is 5.43. The number of likely N-dealkylation sites (N-methyl/N-ethyl adjacent to an activating group) is 1. The molecule has 0 atom stereocenters. The molecule has 0 unspecified atom stereocenters. The summed E-state index contributed by atoms with van der Waals surface area (Å²) in [5, 5.41) is 0. The van der Waals surface area contributed by atoms with Crippen LogP contribution in [0.15, 0.2) is 11.1 Å². The van der Waals surface area contributed by atoms with Crippen LogP contribution in [-0.2, 0) is 9.47 Å². The molecule has 0 bridgehead atoms. The van der Waals surface area contributed by atoms with Crippen molar-refractivity contribution in [3.8, 4) is 0 Å². The van der Waals surface area contributed by atoms with Crippen LogP contribution in [0, 0.1) is 0 Å². The zero-order valence-electron chi connectivity index (χ0n) is 10.7. The Hall–Kier alpha value is -0.0900. The zero-order valence-corrected chi connectivity index (χ0v) is 11.5. The number of hydrogen-bond donors (Lipinski definition) is 0. The normalized spacial score (nSPS) is 26.0. The van der Waals surface area contributed by atoms with Crippen LogP contribution in [0.1, 0.15) is 32.6 Å². The molecule has 1 aliphatic heterocycles. The van der Waals surface area contributed by atoms with E-state index in [1.807, 2.05) is 0 Å². The second kappa shape index (κ2) is 5.70. The summed E-state index contributed by atoms with van der Waals surface area (Å²) < 4.78 is 11.5. The Morgan fingerprint density at radius 1 is 1.35 bits per heavy atom. The fourth-order valence-corrected chi connectivity index (χ4v) is 2.89. The van der Waals surface area contributed by atoms with Crippen LogP contribution in [0.3, 0.4) is 0 Å². The maximum Gasteiger partial charge on any atom is 0.168 e. The van der Waals surface area contributed by atoms with Crippen LogP contribution in [0.25, 0.3) is 0 Å². The number of ether oxygens (including phenoxy) is 2. The van der Waals surface area contributed by atoms with Gasteiger partial charge in [-0.2, -0.15) is 0 Å². The molecule has 1 spiro atoms. The van der Waals surface area contributed by atoms with Crippen molar-refractivity contribution in [3.63, 3.8) is 0 Å². The van der Waals surface area contributed by atoms with E-state index in [1.165, 1.54) is 5.57 Å². The van der Waals surface area contributed by atoms with E-state index in [0.717, 1.165) is 45.4 Å². The van der Waals surface area contributed by atoms with Gasteiger partial charge in [-0.3, -0.25) is 4.90 Å². The van der Waals surface area contributed by atoms with Gasteiger partial charge in [-0.05, 0) is 32.4 Å². The van der Waals surface area contributed by atoms with Gasteiger partial charge in [-0.1, -0.05) is 11.6 Å². The van der Waals surface area contributed by atoms with Crippen molar-refractivity contribution >= 4 is 11.6 Å². The Bertz CT molecular complexity index is 277. The summed E-state index contributed by atoms with van der Waals surface area (Å²) in [6.07, 6.45) is 4.33. The van der Waals surface area contributed by atoms with Gasteiger partial charge in [0.25, 0.3) is 0 Å².